The number of aromatic amines is 2. The number of hydrogen-bond acceptors (Lipinski definition) is 1. The molecule has 0 aliphatic rings. The van der Waals surface area contributed by atoms with E-state index < -0.39 is 0 Å². The number of H-pyrrole nitrogens is 2. The highest BCUT2D eigenvalue weighted by molar-refractivity contribution is 6.14. The van der Waals surface area contributed by atoms with Crippen molar-refractivity contribution in [2.75, 3.05) is 0 Å². The molecule has 5 aromatic carbocycles. The van der Waals surface area contributed by atoms with Crippen molar-refractivity contribution in [2.24, 2.45) is 0 Å². The monoisotopic (exact) mass is 424 g/mol. The van der Waals surface area contributed by atoms with E-state index in [1.165, 1.54) is 10.8 Å². The van der Waals surface area contributed by atoms with Crippen LogP contribution in [0.3, 0.4) is 0 Å². The molecule has 0 bridgehead atoms. The van der Waals surface area contributed by atoms with Crippen molar-refractivity contribution in [1.82, 2.24) is 9.97 Å². The summed E-state index contributed by atoms with van der Waals surface area (Å²) in [6.07, 6.45) is 0. The first-order valence-electron chi connectivity index (χ1n) is 11.1. The van der Waals surface area contributed by atoms with E-state index in [2.05, 4.69) is 82.8 Å². The van der Waals surface area contributed by atoms with E-state index in [0.717, 1.165) is 55.1 Å². The predicted molar refractivity (Wildman–Crippen MR) is 138 cm³/mol. The standard InChI is InChI=1S/C30H20N2O/c33-30-24(22-12-5-10-20-18-8-1-3-16-26(18)31-28(20)22)14-7-15-25(30)23-13-6-11-21-19-9-2-4-17-27(19)32-29(21)23/h1-17,31-33H. The summed E-state index contributed by atoms with van der Waals surface area (Å²) in [5.74, 6) is 0.287. The Balaban J connectivity index is 1.49. The van der Waals surface area contributed by atoms with Crippen LogP contribution in [0.15, 0.2) is 103 Å². The van der Waals surface area contributed by atoms with Crippen molar-refractivity contribution in [1.29, 1.82) is 0 Å². The van der Waals surface area contributed by atoms with Gasteiger partial charge in [-0.3, -0.25) is 0 Å². The Bertz CT molecular complexity index is 1710. The second kappa shape index (κ2) is 6.75. The number of para-hydroxylation sites is 5. The van der Waals surface area contributed by atoms with Gasteiger partial charge in [0.2, 0.25) is 0 Å². The van der Waals surface area contributed by atoms with Crippen LogP contribution in [-0.2, 0) is 0 Å². The van der Waals surface area contributed by atoms with Gasteiger partial charge in [-0.25, -0.2) is 0 Å². The van der Waals surface area contributed by atoms with E-state index in [4.69, 9.17) is 0 Å². The predicted octanol–water partition coefficient (Wildman–Crippen LogP) is 8.00. The molecule has 2 heterocycles. The second-order valence-corrected chi connectivity index (χ2v) is 8.50. The number of phenolic OH excluding ortho intramolecular Hbond substituents is 1. The summed E-state index contributed by atoms with van der Waals surface area (Å²) in [6.45, 7) is 0. The molecule has 0 saturated carbocycles. The first-order valence-corrected chi connectivity index (χ1v) is 11.1. The van der Waals surface area contributed by atoms with Crippen LogP contribution in [0.1, 0.15) is 0 Å². The van der Waals surface area contributed by atoms with Crippen LogP contribution in [0.25, 0.3) is 65.9 Å². The summed E-state index contributed by atoms with van der Waals surface area (Å²) >= 11 is 0. The Kier molecular flexibility index (Phi) is 3.70. The zero-order chi connectivity index (χ0) is 21.9. The average Bonchev–Trinajstić information content (AvgIpc) is 3.43. The molecule has 7 aromatic rings. The Labute approximate surface area is 189 Å². The second-order valence-electron chi connectivity index (χ2n) is 8.50. The number of rotatable bonds is 2. The van der Waals surface area contributed by atoms with Gasteiger partial charge in [0, 0.05) is 54.8 Å². The van der Waals surface area contributed by atoms with Gasteiger partial charge >= 0.3 is 0 Å². The molecule has 3 heteroatoms. The average molecular weight is 425 g/mol. The molecule has 0 radical (unpaired) electrons. The summed E-state index contributed by atoms with van der Waals surface area (Å²) in [6, 6.07) is 35.1. The van der Waals surface area contributed by atoms with Crippen LogP contribution in [0, 0.1) is 0 Å². The van der Waals surface area contributed by atoms with Crippen molar-refractivity contribution in [3.63, 3.8) is 0 Å². The van der Waals surface area contributed by atoms with Gasteiger partial charge in [-0.2, -0.15) is 0 Å². The third-order valence-electron chi connectivity index (χ3n) is 6.70. The van der Waals surface area contributed by atoms with Crippen molar-refractivity contribution in [3.8, 4) is 28.0 Å². The van der Waals surface area contributed by atoms with Crippen LogP contribution in [0.2, 0.25) is 0 Å². The van der Waals surface area contributed by atoms with Gasteiger partial charge in [0.15, 0.2) is 0 Å². The molecule has 7 rings (SSSR count). The zero-order valence-corrected chi connectivity index (χ0v) is 17.8. The Morgan fingerprint density at radius 1 is 0.394 bits per heavy atom. The fraction of sp³-hybridized carbons (Fsp3) is 0. The van der Waals surface area contributed by atoms with Crippen molar-refractivity contribution in [2.45, 2.75) is 0 Å². The van der Waals surface area contributed by atoms with Gasteiger partial charge < -0.3 is 15.1 Å². The number of fused-ring (bicyclic) bond motifs is 6. The van der Waals surface area contributed by atoms with Crippen molar-refractivity contribution < 1.29 is 5.11 Å². The van der Waals surface area contributed by atoms with Crippen LogP contribution in [0.4, 0.5) is 0 Å². The molecular weight excluding hydrogens is 404 g/mol. The van der Waals surface area contributed by atoms with E-state index in [1.807, 2.05) is 30.3 Å². The maximum atomic E-state index is 11.5. The van der Waals surface area contributed by atoms with Gasteiger partial charge in [-0.15, -0.1) is 0 Å². The number of aromatic hydroxyl groups is 1. The molecule has 0 saturated heterocycles. The zero-order valence-electron chi connectivity index (χ0n) is 17.8. The molecule has 3 N–H and O–H groups in total. The molecule has 0 amide bonds. The third-order valence-corrected chi connectivity index (χ3v) is 6.70. The minimum absolute atomic E-state index is 0.287. The van der Waals surface area contributed by atoms with Crippen LogP contribution in [0.5, 0.6) is 5.75 Å². The lowest BCUT2D eigenvalue weighted by Crippen LogP contribution is -1.87. The van der Waals surface area contributed by atoms with E-state index in [9.17, 15) is 5.11 Å². The summed E-state index contributed by atoms with van der Waals surface area (Å²) in [5, 5.41) is 16.2. The summed E-state index contributed by atoms with van der Waals surface area (Å²) < 4.78 is 0. The number of nitrogens with one attached hydrogen (secondary N) is 2. The molecule has 0 spiro atoms. The molecule has 33 heavy (non-hydrogen) atoms. The van der Waals surface area contributed by atoms with E-state index >= 15 is 0 Å². The largest absolute Gasteiger partial charge is 0.507 e. The quantitative estimate of drug-likeness (QED) is 0.259. The van der Waals surface area contributed by atoms with Crippen molar-refractivity contribution in [3.05, 3.63) is 103 Å². The molecule has 0 fully saturated rings. The SMILES string of the molecule is Oc1c(-c2cccc3c2[nH]c2ccccc23)cccc1-c1cccc2c1[nH]c1ccccc12. The summed E-state index contributed by atoms with van der Waals surface area (Å²) in [7, 11) is 0. The van der Waals surface area contributed by atoms with Crippen LogP contribution in [-0.4, -0.2) is 15.1 Å². The number of aromatic nitrogens is 2. The fourth-order valence-corrected chi connectivity index (χ4v) is 5.17. The maximum absolute atomic E-state index is 11.5. The molecule has 2 aromatic heterocycles. The van der Waals surface area contributed by atoms with E-state index in [-0.39, 0.29) is 5.75 Å². The Morgan fingerprint density at radius 2 is 0.788 bits per heavy atom. The number of phenols is 1. The van der Waals surface area contributed by atoms with Crippen LogP contribution < -0.4 is 0 Å². The lowest BCUT2D eigenvalue weighted by atomic mass is 9.95. The molecule has 0 atom stereocenters. The topological polar surface area (TPSA) is 51.8 Å². The van der Waals surface area contributed by atoms with Gasteiger partial charge in [-0.05, 0) is 12.1 Å². The van der Waals surface area contributed by atoms with Gasteiger partial charge in [0.1, 0.15) is 5.75 Å². The van der Waals surface area contributed by atoms with Crippen LogP contribution >= 0.6 is 0 Å². The lowest BCUT2D eigenvalue weighted by molar-refractivity contribution is 0.479. The highest BCUT2D eigenvalue weighted by Crippen LogP contribution is 2.43. The highest BCUT2D eigenvalue weighted by Gasteiger charge is 2.17. The normalized spacial score (nSPS) is 11.8. The fourth-order valence-electron chi connectivity index (χ4n) is 5.17. The number of benzene rings is 5. The van der Waals surface area contributed by atoms with Crippen molar-refractivity contribution >= 4 is 43.6 Å². The summed E-state index contributed by atoms with van der Waals surface area (Å²) in [4.78, 5) is 7.12. The van der Waals surface area contributed by atoms with E-state index in [1.54, 1.807) is 0 Å². The van der Waals surface area contributed by atoms with Gasteiger partial charge in [-0.1, -0.05) is 91.0 Å². The molecule has 0 aliphatic heterocycles. The molecule has 156 valence electrons. The van der Waals surface area contributed by atoms with E-state index in [0.29, 0.717) is 0 Å². The number of hydrogen-bond donors (Lipinski definition) is 3. The summed E-state index contributed by atoms with van der Waals surface area (Å²) in [5.41, 5.74) is 7.89. The Morgan fingerprint density at radius 3 is 1.30 bits per heavy atom. The molecular formula is C30H20N2O. The maximum Gasteiger partial charge on any atom is 0.131 e. The lowest BCUT2D eigenvalue weighted by Gasteiger charge is -2.12. The minimum atomic E-state index is 0.287. The van der Waals surface area contributed by atoms with Gasteiger partial charge in [0.25, 0.3) is 0 Å². The molecule has 3 nitrogen and oxygen atoms in total. The Hall–Kier alpha value is -4.50. The molecule has 0 aliphatic carbocycles. The highest BCUT2D eigenvalue weighted by atomic mass is 16.3. The first kappa shape index (κ1) is 18.1. The molecule has 0 unspecified atom stereocenters. The third kappa shape index (κ3) is 2.56. The minimum Gasteiger partial charge on any atom is -0.507 e. The smallest absolute Gasteiger partial charge is 0.131 e. The first-order chi connectivity index (χ1) is 16.3. The van der Waals surface area contributed by atoms with Gasteiger partial charge in [0.05, 0.1) is 11.0 Å².